The summed E-state index contributed by atoms with van der Waals surface area (Å²) in [5.41, 5.74) is 3.69. The molecule has 2 heteroatoms. The molecule has 3 rings (SSSR count). The lowest BCUT2D eigenvalue weighted by molar-refractivity contribution is 0.105. The van der Waals surface area contributed by atoms with E-state index in [4.69, 9.17) is 4.42 Å². The molecule has 2 aromatic rings. The lowest BCUT2D eigenvalue weighted by Gasteiger charge is -2.02. The Morgan fingerprint density at radius 1 is 1.29 bits per heavy atom. The Balaban J connectivity index is 2.51. The lowest BCUT2D eigenvalue weighted by atomic mass is 10.0. The highest BCUT2D eigenvalue weighted by molar-refractivity contribution is 6.16. The molecule has 1 aromatic heterocycles. The Morgan fingerprint density at radius 2 is 2.14 bits per heavy atom. The largest absolute Gasteiger partial charge is 0.464 e. The van der Waals surface area contributed by atoms with Crippen molar-refractivity contribution in [1.82, 2.24) is 0 Å². The summed E-state index contributed by atoms with van der Waals surface area (Å²) < 4.78 is 5.29. The van der Waals surface area contributed by atoms with Crippen LogP contribution in [0.15, 0.2) is 28.9 Å². The van der Waals surface area contributed by atoms with Gasteiger partial charge in [0.25, 0.3) is 0 Å². The highest BCUT2D eigenvalue weighted by Crippen LogP contribution is 2.30. The maximum absolute atomic E-state index is 11.5. The summed E-state index contributed by atoms with van der Waals surface area (Å²) in [7, 11) is 0. The van der Waals surface area contributed by atoms with E-state index in [0.717, 1.165) is 27.7 Å². The number of allylic oxidation sites excluding steroid dienone is 1. The van der Waals surface area contributed by atoms with E-state index < -0.39 is 0 Å². The molecule has 0 N–H and O–H groups in total. The molecule has 0 spiro atoms. The van der Waals surface area contributed by atoms with Gasteiger partial charge >= 0.3 is 0 Å². The zero-order valence-electron chi connectivity index (χ0n) is 7.70. The number of aryl methyl sites for hydroxylation is 1. The first-order valence-corrected chi connectivity index (χ1v) is 4.50. The third kappa shape index (κ3) is 0.777. The third-order valence-corrected chi connectivity index (χ3v) is 2.74. The molecule has 0 unspecified atom stereocenters. The second-order valence-electron chi connectivity index (χ2n) is 3.49. The van der Waals surface area contributed by atoms with Gasteiger partial charge in [0.15, 0.2) is 5.78 Å². The van der Waals surface area contributed by atoms with Gasteiger partial charge in [-0.05, 0) is 36.3 Å². The monoisotopic (exact) mass is 184 g/mol. The van der Waals surface area contributed by atoms with Crippen LogP contribution >= 0.6 is 0 Å². The molecule has 2 nitrogen and oxygen atoms in total. The highest BCUT2D eigenvalue weighted by Gasteiger charge is 2.18. The number of ketones is 1. The molecule has 0 saturated heterocycles. The molecule has 1 aliphatic rings. The third-order valence-electron chi connectivity index (χ3n) is 2.74. The van der Waals surface area contributed by atoms with E-state index in [2.05, 4.69) is 0 Å². The molecule has 0 fully saturated rings. The fraction of sp³-hybridized carbons (Fsp3) is 0.0833. The maximum Gasteiger partial charge on any atom is 0.186 e. The molecular formula is C12H8O2. The average Bonchev–Trinajstić information content (AvgIpc) is 2.75. The van der Waals surface area contributed by atoms with Gasteiger partial charge in [0.1, 0.15) is 5.58 Å². The van der Waals surface area contributed by atoms with Gasteiger partial charge in [0.05, 0.1) is 6.26 Å². The standard InChI is InChI=1S/C12H8O2/c1-7-8-2-3-11(13)10(8)6-12-9(7)4-5-14-12/h2-6H,1H3. The van der Waals surface area contributed by atoms with Crippen LogP contribution < -0.4 is 0 Å². The molecule has 0 amide bonds. The number of rotatable bonds is 0. The predicted octanol–water partition coefficient (Wildman–Crippen LogP) is 2.95. The van der Waals surface area contributed by atoms with E-state index in [9.17, 15) is 4.79 Å². The molecule has 1 heterocycles. The van der Waals surface area contributed by atoms with Crippen LogP contribution in [0.2, 0.25) is 0 Å². The van der Waals surface area contributed by atoms with Gasteiger partial charge < -0.3 is 4.42 Å². The number of hydrogen-bond donors (Lipinski definition) is 0. The SMILES string of the molecule is Cc1c2c(cc3occc13)C(=O)C=C2. The Bertz CT molecular complexity index is 573. The van der Waals surface area contributed by atoms with Crippen molar-refractivity contribution in [3.8, 4) is 0 Å². The van der Waals surface area contributed by atoms with E-state index >= 15 is 0 Å². The molecule has 0 atom stereocenters. The molecular weight excluding hydrogens is 176 g/mol. The van der Waals surface area contributed by atoms with E-state index in [1.807, 2.05) is 25.1 Å². The Morgan fingerprint density at radius 3 is 3.00 bits per heavy atom. The summed E-state index contributed by atoms with van der Waals surface area (Å²) in [6.07, 6.45) is 5.14. The van der Waals surface area contributed by atoms with Crippen molar-refractivity contribution in [3.63, 3.8) is 0 Å². The molecule has 68 valence electrons. The Labute approximate surface area is 80.8 Å². The van der Waals surface area contributed by atoms with Gasteiger partial charge in [-0.15, -0.1) is 0 Å². The molecule has 0 bridgehead atoms. The van der Waals surface area contributed by atoms with Crippen LogP contribution in [0.25, 0.3) is 17.0 Å². The van der Waals surface area contributed by atoms with Crippen LogP contribution in [-0.4, -0.2) is 5.78 Å². The summed E-state index contributed by atoms with van der Waals surface area (Å²) in [4.78, 5) is 11.5. The number of carbonyl (C=O) groups excluding carboxylic acids is 1. The van der Waals surface area contributed by atoms with Gasteiger partial charge in [0.2, 0.25) is 0 Å². The van der Waals surface area contributed by atoms with E-state index in [1.165, 1.54) is 0 Å². The first kappa shape index (κ1) is 7.56. The van der Waals surface area contributed by atoms with Crippen molar-refractivity contribution in [2.75, 3.05) is 0 Å². The summed E-state index contributed by atoms with van der Waals surface area (Å²) in [6, 6.07) is 3.75. The van der Waals surface area contributed by atoms with Crippen molar-refractivity contribution in [2.24, 2.45) is 0 Å². The zero-order chi connectivity index (χ0) is 9.71. The molecule has 1 aliphatic carbocycles. The Hall–Kier alpha value is -1.83. The smallest absolute Gasteiger partial charge is 0.186 e. The van der Waals surface area contributed by atoms with Crippen LogP contribution in [0.4, 0.5) is 0 Å². The highest BCUT2D eigenvalue weighted by atomic mass is 16.3. The quantitative estimate of drug-likeness (QED) is 0.630. The van der Waals surface area contributed by atoms with Crippen molar-refractivity contribution in [3.05, 3.63) is 41.2 Å². The first-order chi connectivity index (χ1) is 6.77. The number of fused-ring (bicyclic) bond motifs is 2. The van der Waals surface area contributed by atoms with Crippen LogP contribution in [0, 0.1) is 6.92 Å². The minimum absolute atomic E-state index is 0.0707. The van der Waals surface area contributed by atoms with Crippen LogP contribution in [-0.2, 0) is 0 Å². The number of furan rings is 1. The van der Waals surface area contributed by atoms with E-state index in [-0.39, 0.29) is 5.78 Å². The zero-order valence-corrected chi connectivity index (χ0v) is 7.70. The number of hydrogen-bond acceptors (Lipinski definition) is 2. The average molecular weight is 184 g/mol. The fourth-order valence-electron chi connectivity index (χ4n) is 1.97. The summed E-state index contributed by atoms with van der Waals surface area (Å²) in [5.74, 6) is 0.0707. The van der Waals surface area contributed by atoms with Crippen LogP contribution in [0.5, 0.6) is 0 Å². The topological polar surface area (TPSA) is 30.2 Å². The van der Waals surface area contributed by atoms with Crippen molar-refractivity contribution < 1.29 is 9.21 Å². The molecule has 1 aromatic carbocycles. The van der Waals surface area contributed by atoms with Crippen molar-refractivity contribution in [1.29, 1.82) is 0 Å². The van der Waals surface area contributed by atoms with E-state index in [1.54, 1.807) is 12.3 Å². The predicted molar refractivity (Wildman–Crippen MR) is 54.3 cm³/mol. The summed E-state index contributed by atoms with van der Waals surface area (Å²) >= 11 is 0. The lowest BCUT2D eigenvalue weighted by Crippen LogP contribution is -1.93. The van der Waals surface area contributed by atoms with Gasteiger partial charge in [-0.1, -0.05) is 6.08 Å². The van der Waals surface area contributed by atoms with Gasteiger partial charge in [-0.2, -0.15) is 0 Å². The van der Waals surface area contributed by atoms with Gasteiger partial charge in [-0.3, -0.25) is 4.79 Å². The van der Waals surface area contributed by atoms with Crippen LogP contribution in [0.3, 0.4) is 0 Å². The van der Waals surface area contributed by atoms with E-state index in [0.29, 0.717) is 0 Å². The van der Waals surface area contributed by atoms with Gasteiger partial charge in [0, 0.05) is 10.9 Å². The normalized spacial score (nSPS) is 13.9. The molecule has 0 aliphatic heterocycles. The Kier molecular flexibility index (Phi) is 1.27. The fourth-order valence-corrected chi connectivity index (χ4v) is 1.97. The molecule has 0 saturated carbocycles. The second-order valence-corrected chi connectivity index (χ2v) is 3.49. The molecule has 14 heavy (non-hydrogen) atoms. The minimum atomic E-state index is 0.0707. The maximum atomic E-state index is 11.5. The van der Waals surface area contributed by atoms with Crippen LogP contribution in [0.1, 0.15) is 21.5 Å². The van der Waals surface area contributed by atoms with Crippen molar-refractivity contribution >= 4 is 22.8 Å². The van der Waals surface area contributed by atoms with Crippen molar-refractivity contribution in [2.45, 2.75) is 6.92 Å². The van der Waals surface area contributed by atoms with Gasteiger partial charge in [-0.25, -0.2) is 0 Å². The second kappa shape index (κ2) is 2.35. The summed E-state index contributed by atoms with van der Waals surface area (Å²) in [6.45, 7) is 2.01. The summed E-state index contributed by atoms with van der Waals surface area (Å²) in [5, 5.41) is 1.09. The minimum Gasteiger partial charge on any atom is -0.464 e. The first-order valence-electron chi connectivity index (χ1n) is 4.50. The number of benzene rings is 1. The molecule has 0 radical (unpaired) electrons. The number of carbonyl (C=O) groups is 1.